The summed E-state index contributed by atoms with van der Waals surface area (Å²) in [6, 6.07) is -0.225. The fourth-order valence-corrected chi connectivity index (χ4v) is 1.83. The molecule has 0 bridgehead atoms. The highest BCUT2D eigenvalue weighted by atomic mass is 16.5. The highest BCUT2D eigenvalue weighted by Gasteiger charge is 2.24. The molecular formula is C12H24N2O3. The molecule has 1 aliphatic rings. The van der Waals surface area contributed by atoms with Gasteiger partial charge >= 0.3 is 0 Å². The summed E-state index contributed by atoms with van der Waals surface area (Å²) in [6.45, 7) is 6.86. The van der Waals surface area contributed by atoms with Crippen LogP contribution in [0.4, 0.5) is 0 Å². The zero-order chi connectivity index (χ0) is 12.7. The summed E-state index contributed by atoms with van der Waals surface area (Å²) in [6.07, 6.45) is 1.67. The van der Waals surface area contributed by atoms with Gasteiger partial charge in [0.2, 0.25) is 5.91 Å². The first-order chi connectivity index (χ1) is 8.05. The van der Waals surface area contributed by atoms with E-state index in [-0.39, 0.29) is 24.0 Å². The molecule has 100 valence electrons. The third-order valence-electron chi connectivity index (χ3n) is 2.99. The zero-order valence-corrected chi connectivity index (χ0v) is 10.8. The van der Waals surface area contributed by atoms with Crippen LogP contribution in [0.2, 0.25) is 0 Å². The number of hydrogen-bond donors (Lipinski definition) is 3. The number of hydrogen-bond acceptors (Lipinski definition) is 4. The lowest BCUT2D eigenvalue weighted by Crippen LogP contribution is -2.52. The molecule has 5 heteroatoms. The smallest absolute Gasteiger partial charge is 0.239 e. The summed E-state index contributed by atoms with van der Waals surface area (Å²) in [5.41, 5.74) is 0.0217. The molecule has 1 amide bonds. The number of amides is 1. The number of morpholine rings is 1. The van der Waals surface area contributed by atoms with Gasteiger partial charge in [-0.25, -0.2) is 0 Å². The van der Waals surface area contributed by atoms with Crippen LogP contribution in [0.25, 0.3) is 0 Å². The van der Waals surface area contributed by atoms with E-state index in [0.29, 0.717) is 19.8 Å². The molecule has 3 N–H and O–H groups in total. The van der Waals surface area contributed by atoms with Crippen LogP contribution in [0.15, 0.2) is 0 Å². The summed E-state index contributed by atoms with van der Waals surface area (Å²) < 4.78 is 5.24. The maximum atomic E-state index is 11.8. The lowest BCUT2D eigenvalue weighted by Gasteiger charge is -2.27. The Balaban J connectivity index is 2.26. The first-order valence-corrected chi connectivity index (χ1v) is 6.25. The maximum Gasteiger partial charge on any atom is 0.239 e. The van der Waals surface area contributed by atoms with E-state index in [9.17, 15) is 4.79 Å². The van der Waals surface area contributed by atoms with Gasteiger partial charge in [-0.3, -0.25) is 4.79 Å². The molecule has 0 radical (unpaired) electrons. The van der Waals surface area contributed by atoms with Gasteiger partial charge in [0.15, 0.2) is 0 Å². The Morgan fingerprint density at radius 2 is 2.35 bits per heavy atom. The quantitative estimate of drug-likeness (QED) is 0.610. The first kappa shape index (κ1) is 14.4. The van der Waals surface area contributed by atoms with E-state index in [1.807, 2.05) is 0 Å². The van der Waals surface area contributed by atoms with Crippen LogP contribution >= 0.6 is 0 Å². The largest absolute Gasteiger partial charge is 0.396 e. The Kier molecular flexibility index (Phi) is 5.88. The second-order valence-electron chi connectivity index (χ2n) is 5.29. The van der Waals surface area contributed by atoms with Gasteiger partial charge in [-0.15, -0.1) is 0 Å². The summed E-state index contributed by atoms with van der Waals surface area (Å²) in [5, 5.41) is 14.9. The Bertz CT molecular complexity index is 238. The summed E-state index contributed by atoms with van der Waals surface area (Å²) in [7, 11) is 0. The van der Waals surface area contributed by atoms with E-state index in [4.69, 9.17) is 9.84 Å². The maximum absolute atomic E-state index is 11.8. The molecule has 0 aromatic rings. The third kappa shape index (κ3) is 5.48. The van der Waals surface area contributed by atoms with Crippen molar-refractivity contribution in [2.24, 2.45) is 5.41 Å². The average Bonchev–Trinajstić information content (AvgIpc) is 2.35. The van der Waals surface area contributed by atoms with E-state index >= 15 is 0 Å². The molecule has 0 aromatic carbocycles. The van der Waals surface area contributed by atoms with Crippen molar-refractivity contribution < 1.29 is 14.6 Å². The minimum atomic E-state index is -0.225. The van der Waals surface area contributed by atoms with Crippen LogP contribution in [-0.2, 0) is 9.53 Å². The number of ether oxygens (including phenoxy) is 1. The van der Waals surface area contributed by atoms with Crippen molar-refractivity contribution in [1.82, 2.24) is 10.6 Å². The van der Waals surface area contributed by atoms with Crippen molar-refractivity contribution in [2.45, 2.75) is 32.7 Å². The van der Waals surface area contributed by atoms with Gasteiger partial charge in [0.25, 0.3) is 0 Å². The monoisotopic (exact) mass is 244 g/mol. The van der Waals surface area contributed by atoms with E-state index in [1.54, 1.807) is 0 Å². The molecule has 1 unspecified atom stereocenters. The van der Waals surface area contributed by atoms with Crippen molar-refractivity contribution in [3.8, 4) is 0 Å². The minimum Gasteiger partial charge on any atom is -0.396 e. The van der Waals surface area contributed by atoms with Gasteiger partial charge < -0.3 is 20.5 Å². The number of aliphatic hydroxyl groups excluding tert-OH is 1. The minimum absolute atomic E-state index is 0.00164. The van der Waals surface area contributed by atoms with Gasteiger partial charge in [-0.05, 0) is 18.3 Å². The van der Waals surface area contributed by atoms with Crippen LogP contribution in [0.5, 0.6) is 0 Å². The summed E-state index contributed by atoms with van der Waals surface area (Å²) in [5.74, 6) is 0.00164. The van der Waals surface area contributed by atoms with Crippen LogP contribution in [0.1, 0.15) is 26.7 Å². The van der Waals surface area contributed by atoms with E-state index < -0.39 is 0 Å². The number of carbonyl (C=O) groups is 1. The summed E-state index contributed by atoms with van der Waals surface area (Å²) >= 11 is 0. The highest BCUT2D eigenvalue weighted by molar-refractivity contribution is 5.82. The van der Waals surface area contributed by atoms with Crippen molar-refractivity contribution in [2.75, 3.05) is 32.9 Å². The molecule has 0 spiro atoms. The Morgan fingerprint density at radius 1 is 1.59 bits per heavy atom. The number of aliphatic hydroxyl groups is 1. The molecule has 1 aliphatic heterocycles. The molecule has 0 saturated carbocycles. The second-order valence-corrected chi connectivity index (χ2v) is 5.29. The first-order valence-electron chi connectivity index (χ1n) is 6.25. The van der Waals surface area contributed by atoms with Gasteiger partial charge in [0.1, 0.15) is 6.04 Å². The van der Waals surface area contributed by atoms with E-state index in [0.717, 1.165) is 19.4 Å². The molecule has 1 rings (SSSR count). The third-order valence-corrected chi connectivity index (χ3v) is 2.99. The lowest BCUT2D eigenvalue weighted by molar-refractivity contribution is -0.126. The topological polar surface area (TPSA) is 70.6 Å². The van der Waals surface area contributed by atoms with E-state index in [2.05, 4.69) is 24.5 Å². The SMILES string of the molecule is CC(C)(CCCO)CNC(=O)C1COCCN1. The molecule has 1 atom stereocenters. The van der Waals surface area contributed by atoms with Crippen molar-refractivity contribution in [1.29, 1.82) is 0 Å². The molecule has 5 nitrogen and oxygen atoms in total. The number of rotatable bonds is 6. The van der Waals surface area contributed by atoms with Gasteiger partial charge in [-0.2, -0.15) is 0 Å². The Hall–Kier alpha value is -0.650. The van der Waals surface area contributed by atoms with Gasteiger partial charge in [0.05, 0.1) is 13.2 Å². The average molecular weight is 244 g/mol. The normalized spacial score (nSPS) is 21.2. The van der Waals surface area contributed by atoms with Gasteiger partial charge in [-0.1, -0.05) is 13.8 Å². The number of nitrogens with one attached hydrogen (secondary N) is 2. The molecule has 1 heterocycles. The fourth-order valence-electron chi connectivity index (χ4n) is 1.83. The van der Waals surface area contributed by atoms with Gasteiger partial charge in [0, 0.05) is 19.7 Å². The Labute approximate surface area is 103 Å². The summed E-state index contributed by atoms with van der Waals surface area (Å²) in [4.78, 5) is 11.8. The highest BCUT2D eigenvalue weighted by Crippen LogP contribution is 2.20. The molecule has 1 fully saturated rings. The molecular weight excluding hydrogens is 220 g/mol. The zero-order valence-electron chi connectivity index (χ0n) is 10.8. The van der Waals surface area contributed by atoms with Crippen LogP contribution in [-0.4, -0.2) is 50.0 Å². The fraction of sp³-hybridized carbons (Fsp3) is 0.917. The predicted octanol–water partition coefficient (Wildman–Crippen LogP) is -0.110. The number of carbonyl (C=O) groups excluding carboxylic acids is 1. The van der Waals surface area contributed by atoms with E-state index in [1.165, 1.54) is 0 Å². The van der Waals surface area contributed by atoms with Crippen molar-refractivity contribution in [3.05, 3.63) is 0 Å². The molecule has 1 saturated heterocycles. The lowest BCUT2D eigenvalue weighted by atomic mass is 9.88. The molecule has 0 aromatic heterocycles. The van der Waals surface area contributed by atoms with Crippen LogP contribution in [0, 0.1) is 5.41 Å². The van der Waals surface area contributed by atoms with Crippen molar-refractivity contribution in [3.63, 3.8) is 0 Å². The van der Waals surface area contributed by atoms with Crippen molar-refractivity contribution >= 4 is 5.91 Å². The molecule has 17 heavy (non-hydrogen) atoms. The standard InChI is InChI=1S/C12H24N2O3/c1-12(2,4-3-6-15)9-14-11(16)10-8-17-7-5-13-10/h10,13,15H,3-9H2,1-2H3,(H,14,16). The second kappa shape index (κ2) is 6.93. The Morgan fingerprint density at radius 3 is 2.94 bits per heavy atom. The molecule has 0 aliphatic carbocycles. The van der Waals surface area contributed by atoms with Crippen LogP contribution < -0.4 is 10.6 Å². The van der Waals surface area contributed by atoms with Crippen LogP contribution in [0.3, 0.4) is 0 Å². The predicted molar refractivity (Wildman–Crippen MR) is 65.7 cm³/mol.